The number of phenols is 3. The molecule has 21 heavy (non-hydrogen) atoms. The summed E-state index contributed by atoms with van der Waals surface area (Å²) in [4.78, 5) is 0. The molecule has 2 aromatic carbocycles. The maximum absolute atomic E-state index is 10.0. The highest BCUT2D eigenvalue weighted by atomic mass is 16.5. The molecule has 0 aromatic heterocycles. The summed E-state index contributed by atoms with van der Waals surface area (Å²) in [5, 5.41) is 29.5. The van der Waals surface area contributed by atoms with Gasteiger partial charge < -0.3 is 29.5 Å². The van der Waals surface area contributed by atoms with Gasteiger partial charge in [0.2, 0.25) is 0 Å². The molecule has 6 nitrogen and oxygen atoms in total. The van der Waals surface area contributed by atoms with Gasteiger partial charge in [-0.15, -0.1) is 0 Å². The zero-order valence-electron chi connectivity index (χ0n) is 11.9. The van der Waals surface area contributed by atoms with Gasteiger partial charge in [-0.2, -0.15) is 0 Å². The molecule has 0 saturated carbocycles. The SMILES string of the molecule is COc1cc(OC)c(-c2c(O)cc(O)cc2O)c(OC)c1. The predicted molar refractivity (Wildman–Crippen MR) is 76.5 cm³/mol. The van der Waals surface area contributed by atoms with Crippen molar-refractivity contribution in [2.75, 3.05) is 21.3 Å². The highest BCUT2D eigenvalue weighted by Gasteiger charge is 2.22. The van der Waals surface area contributed by atoms with Gasteiger partial charge in [-0.25, -0.2) is 0 Å². The highest BCUT2D eigenvalue weighted by Crippen LogP contribution is 2.49. The summed E-state index contributed by atoms with van der Waals surface area (Å²) in [5.74, 6) is 0.360. The number of hydrogen-bond acceptors (Lipinski definition) is 6. The molecule has 2 rings (SSSR count). The van der Waals surface area contributed by atoms with Crippen molar-refractivity contribution < 1.29 is 29.5 Å². The van der Waals surface area contributed by atoms with E-state index in [4.69, 9.17) is 14.2 Å². The molecule has 0 saturated heterocycles. The Labute approximate surface area is 121 Å². The zero-order chi connectivity index (χ0) is 15.6. The molecule has 0 aliphatic rings. The normalized spacial score (nSPS) is 10.2. The Bertz CT molecular complexity index is 617. The molecular formula is C15H16O6. The maximum Gasteiger partial charge on any atom is 0.134 e. The van der Waals surface area contributed by atoms with Crippen LogP contribution >= 0.6 is 0 Å². The van der Waals surface area contributed by atoms with Crippen molar-refractivity contribution in [1.82, 2.24) is 0 Å². The lowest BCUT2D eigenvalue weighted by Crippen LogP contribution is -1.96. The molecule has 0 amide bonds. The fourth-order valence-electron chi connectivity index (χ4n) is 2.11. The van der Waals surface area contributed by atoms with Crippen LogP contribution in [0.4, 0.5) is 0 Å². The lowest BCUT2D eigenvalue weighted by Gasteiger charge is -2.17. The average molecular weight is 292 g/mol. The van der Waals surface area contributed by atoms with Crippen molar-refractivity contribution in [3.05, 3.63) is 24.3 Å². The van der Waals surface area contributed by atoms with Gasteiger partial charge in [-0.05, 0) is 0 Å². The van der Waals surface area contributed by atoms with E-state index in [1.54, 1.807) is 12.1 Å². The molecule has 0 fully saturated rings. The van der Waals surface area contributed by atoms with Crippen LogP contribution in [-0.2, 0) is 0 Å². The van der Waals surface area contributed by atoms with Crippen molar-refractivity contribution >= 4 is 0 Å². The minimum Gasteiger partial charge on any atom is -0.508 e. The van der Waals surface area contributed by atoms with Crippen LogP contribution < -0.4 is 14.2 Å². The number of hydrogen-bond donors (Lipinski definition) is 3. The highest BCUT2D eigenvalue weighted by molar-refractivity contribution is 5.86. The summed E-state index contributed by atoms with van der Waals surface area (Å²) >= 11 is 0. The molecular weight excluding hydrogens is 276 g/mol. The molecule has 112 valence electrons. The fourth-order valence-corrected chi connectivity index (χ4v) is 2.11. The van der Waals surface area contributed by atoms with Crippen molar-refractivity contribution in [2.24, 2.45) is 0 Å². The Hall–Kier alpha value is -2.76. The van der Waals surface area contributed by atoms with E-state index in [0.717, 1.165) is 12.1 Å². The van der Waals surface area contributed by atoms with Gasteiger partial charge in [0.25, 0.3) is 0 Å². The number of benzene rings is 2. The van der Waals surface area contributed by atoms with Crippen LogP contribution in [-0.4, -0.2) is 36.6 Å². The van der Waals surface area contributed by atoms with Crippen LogP contribution in [0, 0.1) is 0 Å². The van der Waals surface area contributed by atoms with Gasteiger partial charge >= 0.3 is 0 Å². The van der Waals surface area contributed by atoms with E-state index in [1.807, 2.05) is 0 Å². The quantitative estimate of drug-likeness (QED) is 0.802. The molecule has 0 atom stereocenters. The van der Waals surface area contributed by atoms with Crippen molar-refractivity contribution in [2.45, 2.75) is 0 Å². The zero-order valence-corrected chi connectivity index (χ0v) is 11.9. The van der Waals surface area contributed by atoms with E-state index in [0.29, 0.717) is 22.8 Å². The predicted octanol–water partition coefficient (Wildman–Crippen LogP) is 2.50. The number of aromatic hydroxyl groups is 3. The Morgan fingerprint density at radius 2 is 1.14 bits per heavy atom. The van der Waals surface area contributed by atoms with E-state index in [-0.39, 0.29) is 22.8 Å². The van der Waals surface area contributed by atoms with Gasteiger partial charge in [0.05, 0.1) is 32.5 Å². The van der Waals surface area contributed by atoms with Gasteiger partial charge in [-0.1, -0.05) is 0 Å². The molecule has 0 bridgehead atoms. The summed E-state index contributed by atoms with van der Waals surface area (Å²) in [6.45, 7) is 0. The van der Waals surface area contributed by atoms with E-state index in [1.165, 1.54) is 21.3 Å². The van der Waals surface area contributed by atoms with Crippen molar-refractivity contribution in [3.63, 3.8) is 0 Å². The molecule has 0 radical (unpaired) electrons. The first kappa shape index (κ1) is 14.6. The van der Waals surface area contributed by atoms with Crippen molar-refractivity contribution in [3.8, 4) is 45.6 Å². The standard InChI is InChI=1S/C15H16O6/c1-19-9-6-12(20-2)15(13(7-9)21-3)14-10(17)4-8(16)5-11(14)18/h4-7,16-18H,1-3H3. The number of phenolic OH excluding ortho intramolecular Hbond substituents is 3. The minimum atomic E-state index is -0.297. The summed E-state index contributed by atoms with van der Waals surface area (Å²) in [7, 11) is 4.40. The first-order valence-electron chi connectivity index (χ1n) is 6.07. The van der Waals surface area contributed by atoms with Crippen LogP contribution in [0.2, 0.25) is 0 Å². The van der Waals surface area contributed by atoms with Crippen LogP contribution in [0.15, 0.2) is 24.3 Å². The van der Waals surface area contributed by atoms with E-state index >= 15 is 0 Å². The van der Waals surface area contributed by atoms with Crippen LogP contribution in [0.5, 0.6) is 34.5 Å². The van der Waals surface area contributed by atoms with E-state index < -0.39 is 0 Å². The second kappa shape index (κ2) is 5.70. The molecule has 3 N–H and O–H groups in total. The molecule has 0 unspecified atom stereocenters. The Morgan fingerprint density at radius 3 is 1.52 bits per heavy atom. The topological polar surface area (TPSA) is 88.4 Å². The summed E-state index contributed by atoms with van der Waals surface area (Å²) in [6, 6.07) is 5.45. The second-order valence-corrected chi connectivity index (χ2v) is 4.27. The van der Waals surface area contributed by atoms with E-state index in [2.05, 4.69) is 0 Å². The van der Waals surface area contributed by atoms with Crippen LogP contribution in [0.25, 0.3) is 11.1 Å². The largest absolute Gasteiger partial charge is 0.508 e. The minimum absolute atomic E-state index is 0.101. The average Bonchev–Trinajstić information content (AvgIpc) is 2.45. The van der Waals surface area contributed by atoms with Gasteiger partial charge in [0, 0.05) is 24.3 Å². The Kier molecular flexibility index (Phi) is 3.98. The molecule has 0 spiro atoms. The lowest BCUT2D eigenvalue weighted by atomic mass is 10.0. The molecule has 0 aliphatic heterocycles. The molecule has 6 heteroatoms. The van der Waals surface area contributed by atoms with Gasteiger partial charge in [-0.3, -0.25) is 0 Å². The van der Waals surface area contributed by atoms with Gasteiger partial charge in [0.1, 0.15) is 34.5 Å². The number of ether oxygens (including phenoxy) is 3. The Morgan fingerprint density at radius 1 is 0.667 bits per heavy atom. The van der Waals surface area contributed by atoms with Crippen LogP contribution in [0.1, 0.15) is 0 Å². The first-order chi connectivity index (χ1) is 10.0. The first-order valence-corrected chi connectivity index (χ1v) is 6.07. The third-order valence-corrected chi connectivity index (χ3v) is 3.05. The molecule has 0 heterocycles. The van der Waals surface area contributed by atoms with E-state index in [9.17, 15) is 15.3 Å². The Balaban J connectivity index is 2.79. The smallest absolute Gasteiger partial charge is 0.134 e. The summed E-state index contributed by atoms with van der Waals surface area (Å²) < 4.78 is 15.7. The maximum atomic E-state index is 10.0. The summed E-state index contributed by atoms with van der Waals surface area (Å²) in [5.41, 5.74) is 0.458. The van der Waals surface area contributed by atoms with Crippen molar-refractivity contribution in [1.29, 1.82) is 0 Å². The monoisotopic (exact) mass is 292 g/mol. The van der Waals surface area contributed by atoms with Crippen LogP contribution in [0.3, 0.4) is 0 Å². The number of methoxy groups -OCH3 is 3. The fraction of sp³-hybridized carbons (Fsp3) is 0.200. The molecule has 0 aliphatic carbocycles. The second-order valence-electron chi connectivity index (χ2n) is 4.27. The third kappa shape index (κ3) is 2.60. The molecule has 2 aromatic rings. The summed E-state index contributed by atoms with van der Waals surface area (Å²) in [6.07, 6.45) is 0. The third-order valence-electron chi connectivity index (χ3n) is 3.05. The number of rotatable bonds is 4. The van der Waals surface area contributed by atoms with Gasteiger partial charge in [0.15, 0.2) is 0 Å². The lowest BCUT2D eigenvalue weighted by molar-refractivity contribution is 0.376.